The average Bonchev–Trinajstić information content (AvgIpc) is 3.16. The van der Waals surface area contributed by atoms with Gasteiger partial charge in [-0.15, -0.1) is 11.3 Å². The van der Waals surface area contributed by atoms with Crippen LogP contribution in [0.25, 0.3) is 0 Å². The SMILES string of the molecule is COc1ccc([C@H](CC(=O)Nc2ncc(Cc3cc(Cl)ccc3Cl)s2)NC(C)=O)cc1. The quantitative estimate of drug-likeness (QED) is 0.463. The van der Waals surface area contributed by atoms with E-state index in [1.54, 1.807) is 37.6 Å². The van der Waals surface area contributed by atoms with Crippen molar-refractivity contribution in [3.05, 3.63) is 74.7 Å². The molecule has 0 radical (unpaired) electrons. The molecule has 0 unspecified atom stereocenters. The first-order valence-electron chi connectivity index (χ1n) is 9.43. The van der Waals surface area contributed by atoms with Crippen LogP contribution in [0.15, 0.2) is 48.7 Å². The fourth-order valence-corrected chi connectivity index (χ4v) is 4.23. The Balaban J connectivity index is 1.65. The van der Waals surface area contributed by atoms with E-state index in [2.05, 4.69) is 15.6 Å². The first kappa shape index (κ1) is 23.1. The molecule has 1 atom stereocenters. The lowest BCUT2D eigenvalue weighted by molar-refractivity contribution is -0.120. The molecule has 0 spiro atoms. The van der Waals surface area contributed by atoms with Crippen molar-refractivity contribution < 1.29 is 14.3 Å². The van der Waals surface area contributed by atoms with Crippen molar-refractivity contribution in [2.75, 3.05) is 12.4 Å². The van der Waals surface area contributed by atoms with Crippen LogP contribution in [-0.2, 0) is 16.0 Å². The van der Waals surface area contributed by atoms with Crippen LogP contribution in [0.5, 0.6) is 5.75 Å². The van der Waals surface area contributed by atoms with Gasteiger partial charge >= 0.3 is 0 Å². The molecule has 0 bridgehead atoms. The minimum Gasteiger partial charge on any atom is -0.497 e. The van der Waals surface area contributed by atoms with Gasteiger partial charge in [0.1, 0.15) is 5.75 Å². The normalized spacial score (nSPS) is 11.6. The largest absolute Gasteiger partial charge is 0.497 e. The number of amides is 2. The van der Waals surface area contributed by atoms with Crippen LogP contribution in [-0.4, -0.2) is 23.9 Å². The summed E-state index contributed by atoms with van der Waals surface area (Å²) in [5, 5.41) is 7.34. The summed E-state index contributed by atoms with van der Waals surface area (Å²) in [5.74, 6) is 0.227. The van der Waals surface area contributed by atoms with Gasteiger partial charge in [0.05, 0.1) is 19.6 Å². The maximum atomic E-state index is 12.6. The van der Waals surface area contributed by atoms with Gasteiger partial charge in [0.2, 0.25) is 11.8 Å². The molecule has 0 saturated heterocycles. The average molecular weight is 478 g/mol. The van der Waals surface area contributed by atoms with Gasteiger partial charge in [-0.2, -0.15) is 0 Å². The predicted molar refractivity (Wildman–Crippen MR) is 124 cm³/mol. The molecular formula is C22H21Cl2N3O3S. The van der Waals surface area contributed by atoms with Crippen LogP contribution in [0.4, 0.5) is 5.13 Å². The van der Waals surface area contributed by atoms with Crippen molar-refractivity contribution in [1.29, 1.82) is 0 Å². The summed E-state index contributed by atoms with van der Waals surface area (Å²) in [7, 11) is 1.58. The topological polar surface area (TPSA) is 80.3 Å². The van der Waals surface area contributed by atoms with E-state index in [1.165, 1.54) is 18.3 Å². The standard InChI is InChI=1S/C22H21Cl2N3O3S/c1-13(28)26-20(14-3-6-17(30-2)7-4-14)11-21(29)27-22-25-12-18(31-22)10-15-9-16(23)5-8-19(15)24/h3-9,12,20H,10-11H2,1-2H3,(H,26,28)(H,25,27,29)/t20-/m0/s1. The minimum absolute atomic E-state index is 0.0704. The van der Waals surface area contributed by atoms with Gasteiger partial charge in [-0.25, -0.2) is 4.98 Å². The Morgan fingerprint density at radius 3 is 2.58 bits per heavy atom. The lowest BCUT2D eigenvalue weighted by Crippen LogP contribution is -2.29. The highest BCUT2D eigenvalue weighted by atomic mass is 35.5. The van der Waals surface area contributed by atoms with E-state index in [0.29, 0.717) is 27.3 Å². The molecule has 3 aromatic rings. The minimum atomic E-state index is -0.465. The van der Waals surface area contributed by atoms with E-state index in [0.717, 1.165) is 16.0 Å². The third-order valence-corrected chi connectivity index (χ3v) is 5.97. The Hall–Kier alpha value is -2.61. The summed E-state index contributed by atoms with van der Waals surface area (Å²) in [6.07, 6.45) is 2.33. The molecule has 162 valence electrons. The number of thiazole rings is 1. The van der Waals surface area contributed by atoms with Crippen LogP contribution in [0.1, 0.15) is 35.4 Å². The van der Waals surface area contributed by atoms with Crippen molar-refractivity contribution in [2.45, 2.75) is 25.8 Å². The molecule has 2 aromatic carbocycles. The maximum absolute atomic E-state index is 12.6. The molecule has 1 heterocycles. The number of halogens is 2. The zero-order valence-corrected chi connectivity index (χ0v) is 19.3. The highest BCUT2D eigenvalue weighted by Gasteiger charge is 2.18. The molecule has 0 aliphatic carbocycles. The van der Waals surface area contributed by atoms with E-state index in [4.69, 9.17) is 27.9 Å². The highest BCUT2D eigenvalue weighted by molar-refractivity contribution is 7.15. The first-order chi connectivity index (χ1) is 14.8. The smallest absolute Gasteiger partial charge is 0.228 e. The van der Waals surface area contributed by atoms with Crippen LogP contribution < -0.4 is 15.4 Å². The summed E-state index contributed by atoms with van der Waals surface area (Å²) in [5.41, 5.74) is 1.70. The molecule has 0 aliphatic heterocycles. The van der Waals surface area contributed by atoms with Crippen LogP contribution >= 0.6 is 34.5 Å². The fraction of sp³-hybridized carbons (Fsp3) is 0.227. The number of ether oxygens (including phenoxy) is 1. The number of benzene rings is 2. The number of carbonyl (C=O) groups excluding carboxylic acids is 2. The van der Waals surface area contributed by atoms with Crippen molar-refractivity contribution in [3.8, 4) is 5.75 Å². The van der Waals surface area contributed by atoms with Crippen LogP contribution in [0.2, 0.25) is 10.0 Å². The van der Waals surface area contributed by atoms with Gasteiger partial charge in [-0.1, -0.05) is 35.3 Å². The van der Waals surface area contributed by atoms with Gasteiger partial charge in [-0.05, 0) is 41.5 Å². The number of anilines is 1. The van der Waals surface area contributed by atoms with E-state index in [9.17, 15) is 9.59 Å². The fourth-order valence-electron chi connectivity index (χ4n) is 3.00. The molecule has 0 aliphatic rings. The molecule has 2 amide bonds. The van der Waals surface area contributed by atoms with Crippen molar-refractivity contribution in [1.82, 2.24) is 10.3 Å². The second-order valence-corrected chi connectivity index (χ2v) is 8.78. The molecular weight excluding hydrogens is 457 g/mol. The second-order valence-electron chi connectivity index (χ2n) is 6.82. The molecule has 3 rings (SSSR count). The van der Waals surface area contributed by atoms with E-state index < -0.39 is 6.04 Å². The number of methoxy groups -OCH3 is 1. The molecule has 31 heavy (non-hydrogen) atoms. The zero-order valence-electron chi connectivity index (χ0n) is 16.9. The number of hydrogen-bond acceptors (Lipinski definition) is 5. The molecule has 2 N–H and O–H groups in total. The Morgan fingerprint density at radius 1 is 1.16 bits per heavy atom. The number of hydrogen-bond donors (Lipinski definition) is 2. The number of carbonyl (C=O) groups is 2. The summed E-state index contributed by atoms with van der Waals surface area (Å²) < 4.78 is 5.16. The summed E-state index contributed by atoms with van der Waals surface area (Å²) in [4.78, 5) is 29.4. The Morgan fingerprint density at radius 2 is 1.90 bits per heavy atom. The molecule has 9 heteroatoms. The Bertz CT molecular complexity index is 1070. The molecule has 1 aromatic heterocycles. The number of rotatable bonds is 8. The monoisotopic (exact) mass is 477 g/mol. The van der Waals surface area contributed by atoms with Crippen LogP contribution in [0, 0.1) is 0 Å². The Kier molecular flexibility index (Phi) is 7.90. The van der Waals surface area contributed by atoms with E-state index >= 15 is 0 Å². The summed E-state index contributed by atoms with van der Waals surface area (Å²) in [6, 6.07) is 12.1. The first-order valence-corrected chi connectivity index (χ1v) is 11.0. The molecule has 0 saturated carbocycles. The third kappa shape index (κ3) is 6.69. The third-order valence-electron chi connectivity index (χ3n) is 4.46. The predicted octanol–water partition coefficient (Wildman–Crippen LogP) is 5.26. The lowest BCUT2D eigenvalue weighted by Gasteiger charge is -2.18. The number of nitrogens with one attached hydrogen (secondary N) is 2. The second kappa shape index (κ2) is 10.6. The van der Waals surface area contributed by atoms with Gasteiger partial charge in [0.25, 0.3) is 0 Å². The summed E-state index contributed by atoms with van der Waals surface area (Å²) >= 11 is 13.6. The summed E-state index contributed by atoms with van der Waals surface area (Å²) in [6.45, 7) is 1.42. The molecule has 0 fully saturated rings. The van der Waals surface area contributed by atoms with Crippen molar-refractivity contribution >= 4 is 51.5 Å². The lowest BCUT2D eigenvalue weighted by atomic mass is 10.0. The molecule has 6 nitrogen and oxygen atoms in total. The number of nitrogens with zero attached hydrogens (tertiary/aromatic N) is 1. The maximum Gasteiger partial charge on any atom is 0.228 e. The highest BCUT2D eigenvalue weighted by Crippen LogP contribution is 2.27. The van der Waals surface area contributed by atoms with Gasteiger partial charge in [0, 0.05) is 34.5 Å². The van der Waals surface area contributed by atoms with Gasteiger partial charge in [0.15, 0.2) is 5.13 Å². The van der Waals surface area contributed by atoms with Crippen LogP contribution in [0.3, 0.4) is 0 Å². The van der Waals surface area contributed by atoms with E-state index in [-0.39, 0.29) is 18.2 Å². The number of aromatic nitrogens is 1. The van der Waals surface area contributed by atoms with E-state index in [1.807, 2.05) is 18.2 Å². The Labute approximate surface area is 194 Å². The van der Waals surface area contributed by atoms with Crippen molar-refractivity contribution in [2.24, 2.45) is 0 Å². The van der Waals surface area contributed by atoms with Crippen molar-refractivity contribution in [3.63, 3.8) is 0 Å². The zero-order chi connectivity index (χ0) is 22.4. The van der Waals surface area contributed by atoms with Gasteiger partial charge < -0.3 is 15.4 Å². The van der Waals surface area contributed by atoms with Gasteiger partial charge in [-0.3, -0.25) is 9.59 Å².